The molecule has 33 heavy (non-hydrogen) atoms. The predicted molar refractivity (Wildman–Crippen MR) is 132 cm³/mol. The molecule has 0 radical (unpaired) electrons. The van der Waals surface area contributed by atoms with Gasteiger partial charge in [-0.05, 0) is 48.4 Å². The van der Waals surface area contributed by atoms with Crippen molar-refractivity contribution in [2.24, 2.45) is 0 Å². The largest absolute Gasteiger partial charge is 0.506 e. The Hall–Kier alpha value is -4.38. The Balaban J connectivity index is 1.64. The van der Waals surface area contributed by atoms with Crippen LogP contribution in [-0.4, -0.2) is 24.0 Å². The average molecular weight is 437 g/mol. The third-order valence-corrected chi connectivity index (χ3v) is 5.49. The SMILES string of the molecule is Cc1ccc(-c2ccccc2C(=O)Nc2ccccc2C(=O)N(C)c2ccccc2O)cc1. The molecule has 2 N–H and O–H groups in total. The molecular weight excluding hydrogens is 412 g/mol. The molecular formula is C28H24N2O3. The van der Waals surface area contributed by atoms with E-state index in [0.717, 1.165) is 16.7 Å². The van der Waals surface area contributed by atoms with Crippen LogP contribution in [0.1, 0.15) is 26.3 Å². The molecule has 0 aliphatic rings. The molecule has 0 bridgehead atoms. The van der Waals surface area contributed by atoms with Gasteiger partial charge in [-0.3, -0.25) is 9.59 Å². The molecule has 0 aromatic heterocycles. The van der Waals surface area contributed by atoms with Crippen molar-refractivity contribution < 1.29 is 14.7 Å². The van der Waals surface area contributed by atoms with E-state index in [1.807, 2.05) is 49.4 Å². The average Bonchev–Trinajstić information content (AvgIpc) is 2.84. The van der Waals surface area contributed by atoms with E-state index in [4.69, 9.17) is 0 Å². The normalized spacial score (nSPS) is 10.5. The van der Waals surface area contributed by atoms with Crippen LogP contribution in [0.3, 0.4) is 0 Å². The van der Waals surface area contributed by atoms with E-state index in [-0.39, 0.29) is 17.6 Å². The first-order chi connectivity index (χ1) is 16.0. The van der Waals surface area contributed by atoms with Crippen molar-refractivity contribution in [1.29, 1.82) is 0 Å². The fraction of sp³-hybridized carbons (Fsp3) is 0.0714. The van der Waals surface area contributed by atoms with Gasteiger partial charge in [0.1, 0.15) is 5.75 Å². The van der Waals surface area contributed by atoms with Gasteiger partial charge in [-0.25, -0.2) is 0 Å². The molecule has 0 fully saturated rings. The highest BCUT2D eigenvalue weighted by Gasteiger charge is 2.21. The third kappa shape index (κ3) is 4.62. The van der Waals surface area contributed by atoms with E-state index in [9.17, 15) is 14.7 Å². The molecule has 5 heteroatoms. The lowest BCUT2D eigenvalue weighted by Gasteiger charge is -2.20. The van der Waals surface area contributed by atoms with Gasteiger partial charge in [0.25, 0.3) is 11.8 Å². The van der Waals surface area contributed by atoms with Crippen molar-refractivity contribution >= 4 is 23.2 Å². The van der Waals surface area contributed by atoms with Gasteiger partial charge in [0, 0.05) is 12.6 Å². The van der Waals surface area contributed by atoms with Gasteiger partial charge in [0.2, 0.25) is 0 Å². The maximum absolute atomic E-state index is 13.3. The summed E-state index contributed by atoms with van der Waals surface area (Å²) in [6, 6.07) is 28.8. The molecule has 0 aliphatic carbocycles. The van der Waals surface area contributed by atoms with Gasteiger partial charge in [-0.1, -0.05) is 72.3 Å². The van der Waals surface area contributed by atoms with Gasteiger partial charge in [0.15, 0.2) is 0 Å². The van der Waals surface area contributed by atoms with Crippen molar-refractivity contribution in [2.45, 2.75) is 6.92 Å². The van der Waals surface area contributed by atoms with Gasteiger partial charge in [0.05, 0.1) is 16.9 Å². The van der Waals surface area contributed by atoms with Crippen molar-refractivity contribution in [2.75, 3.05) is 17.3 Å². The zero-order valence-electron chi connectivity index (χ0n) is 18.4. The number of carbonyl (C=O) groups excluding carboxylic acids is 2. The zero-order valence-corrected chi connectivity index (χ0v) is 18.4. The summed E-state index contributed by atoms with van der Waals surface area (Å²) in [4.78, 5) is 27.8. The van der Waals surface area contributed by atoms with Gasteiger partial charge < -0.3 is 15.3 Å². The van der Waals surface area contributed by atoms with Crippen LogP contribution in [0, 0.1) is 6.92 Å². The molecule has 4 rings (SSSR count). The molecule has 0 heterocycles. The minimum Gasteiger partial charge on any atom is -0.506 e. The number of nitrogens with zero attached hydrogens (tertiary/aromatic N) is 1. The van der Waals surface area contributed by atoms with E-state index in [2.05, 4.69) is 5.32 Å². The first-order valence-corrected chi connectivity index (χ1v) is 10.6. The smallest absolute Gasteiger partial charge is 0.260 e. The number of para-hydroxylation sites is 3. The summed E-state index contributed by atoms with van der Waals surface area (Å²) in [5, 5.41) is 13.0. The second-order valence-corrected chi connectivity index (χ2v) is 7.76. The summed E-state index contributed by atoms with van der Waals surface area (Å²) in [6.07, 6.45) is 0. The van der Waals surface area contributed by atoms with Crippen LogP contribution in [0.4, 0.5) is 11.4 Å². The Bertz CT molecular complexity index is 1310. The Morgan fingerprint density at radius 1 is 0.758 bits per heavy atom. The lowest BCUT2D eigenvalue weighted by Crippen LogP contribution is -2.27. The molecule has 0 spiro atoms. The Labute approximate surface area is 192 Å². The highest BCUT2D eigenvalue weighted by atomic mass is 16.3. The van der Waals surface area contributed by atoms with E-state index in [1.54, 1.807) is 55.6 Å². The summed E-state index contributed by atoms with van der Waals surface area (Å²) in [5.41, 5.74) is 4.51. The number of carbonyl (C=O) groups is 2. The van der Waals surface area contributed by atoms with Gasteiger partial charge in [-0.2, -0.15) is 0 Å². The number of hydrogen-bond donors (Lipinski definition) is 2. The van der Waals surface area contributed by atoms with Gasteiger partial charge in [-0.15, -0.1) is 0 Å². The number of nitrogens with one attached hydrogen (secondary N) is 1. The van der Waals surface area contributed by atoms with Crippen LogP contribution < -0.4 is 10.2 Å². The van der Waals surface area contributed by atoms with E-state index >= 15 is 0 Å². The quantitative estimate of drug-likeness (QED) is 0.409. The Morgan fingerprint density at radius 2 is 1.36 bits per heavy atom. The van der Waals surface area contributed by atoms with Crippen molar-refractivity contribution in [1.82, 2.24) is 0 Å². The molecule has 0 unspecified atom stereocenters. The van der Waals surface area contributed by atoms with Crippen molar-refractivity contribution in [3.63, 3.8) is 0 Å². The number of amides is 2. The lowest BCUT2D eigenvalue weighted by molar-refractivity contribution is 0.0993. The Morgan fingerprint density at radius 3 is 2.09 bits per heavy atom. The van der Waals surface area contributed by atoms with E-state index in [0.29, 0.717) is 22.5 Å². The first-order valence-electron chi connectivity index (χ1n) is 10.6. The van der Waals surface area contributed by atoms with Crippen LogP contribution >= 0.6 is 0 Å². The molecule has 164 valence electrons. The maximum atomic E-state index is 13.3. The van der Waals surface area contributed by atoms with Gasteiger partial charge >= 0.3 is 0 Å². The second-order valence-electron chi connectivity index (χ2n) is 7.76. The first kappa shape index (κ1) is 21.8. The summed E-state index contributed by atoms with van der Waals surface area (Å²) < 4.78 is 0. The molecule has 4 aromatic carbocycles. The summed E-state index contributed by atoms with van der Waals surface area (Å²) in [6.45, 7) is 2.02. The highest BCUT2D eigenvalue weighted by Crippen LogP contribution is 2.29. The van der Waals surface area contributed by atoms with Crippen molar-refractivity contribution in [3.05, 3.63) is 114 Å². The number of anilines is 2. The molecule has 0 saturated heterocycles. The molecule has 0 aliphatic heterocycles. The third-order valence-electron chi connectivity index (χ3n) is 5.49. The predicted octanol–water partition coefficient (Wildman–Crippen LogP) is 5.90. The maximum Gasteiger partial charge on any atom is 0.260 e. The number of aryl methyl sites for hydroxylation is 1. The fourth-order valence-electron chi connectivity index (χ4n) is 3.67. The van der Waals surface area contributed by atoms with E-state index in [1.165, 1.54) is 11.0 Å². The van der Waals surface area contributed by atoms with Crippen molar-refractivity contribution in [3.8, 4) is 16.9 Å². The minimum absolute atomic E-state index is 0.00175. The number of hydrogen-bond acceptors (Lipinski definition) is 3. The molecule has 2 amide bonds. The number of benzene rings is 4. The molecule has 0 atom stereocenters. The number of aromatic hydroxyl groups is 1. The topological polar surface area (TPSA) is 69.6 Å². The highest BCUT2D eigenvalue weighted by molar-refractivity contribution is 6.14. The zero-order chi connectivity index (χ0) is 23.4. The molecule has 0 saturated carbocycles. The minimum atomic E-state index is -0.348. The monoisotopic (exact) mass is 436 g/mol. The summed E-state index contributed by atoms with van der Waals surface area (Å²) >= 11 is 0. The van der Waals surface area contributed by atoms with Crippen LogP contribution in [0.2, 0.25) is 0 Å². The van der Waals surface area contributed by atoms with Crippen LogP contribution in [0.25, 0.3) is 11.1 Å². The Kier molecular flexibility index (Phi) is 6.22. The van der Waals surface area contributed by atoms with Crippen LogP contribution in [-0.2, 0) is 0 Å². The second kappa shape index (κ2) is 9.40. The fourth-order valence-corrected chi connectivity index (χ4v) is 3.67. The van der Waals surface area contributed by atoms with E-state index < -0.39 is 0 Å². The summed E-state index contributed by atoms with van der Waals surface area (Å²) in [7, 11) is 1.59. The lowest BCUT2D eigenvalue weighted by atomic mass is 9.98. The van der Waals surface area contributed by atoms with Crippen LogP contribution in [0.5, 0.6) is 5.75 Å². The molecule has 4 aromatic rings. The molecule has 5 nitrogen and oxygen atoms in total. The number of rotatable bonds is 5. The van der Waals surface area contributed by atoms with Crippen LogP contribution in [0.15, 0.2) is 97.1 Å². The number of phenols is 1. The standard InChI is InChI=1S/C28H24N2O3/c1-19-15-17-20(18-16-19)21-9-3-4-10-22(21)27(32)29-24-12-6-5-11-23(24)28(33)30(2)25-13-7-8-14-26(25)31/h3-18,31H,1-2H3,(H,29,32). The summed E-state index contributed by atoms with van der Waals surface area (Å²) in [5.74, 6) is -0.655. The number of phenolic OH excluding ortho intramolecular Hbond substituents is 1.